The molecule has 0 saturated carbocycles. The van der Waals surface area contributed by atoms with E-state index >= 15 is 0 Å². The van der Waals surface area contributed by atoms with E-state index in [0.717, 1.165) is 37.2 Å². The van der Waals surface area contributed by atoms with Crippen molar-refractivity contribution >= 4 is 21.8 Å². The standard InChI is InChI=1S/C12H17BrN4O/c13-11-7-10(8-15-9-11)12(18)16-3-6-17-4-1-14-2-5-17/h7-9,14H,1-6H2,(H,16,18). The summed E-state index contributed by atoms with van der Waals surface area (Å²) in [6, 6.07) is 1.77. The van der Waals surface area contributed by atoms with E-state index < -0.39 is 0 Å². The van der Waals surface area contributed by atoms with Gasteiger partial charge in [-0.05, 0) is 22.0 Å². The number of rotatable bonds is 4. The second-order valence-corrected chi connectivity index (χ2v) is 5.16. The van der Waals surface area contributed by atoms with Crippen molar-refractivity contribution in [1.29, 1.82) is 0 Å². The summed E-state index contributed by atoms with van der Waals surface area (Å²) in [5.74, 6) is -0.0704. The molecular weight excluding hydrogens is 296 g/mol. The number of piperazine rings is 1. The van der Waals surface area contributed by atoms with Gasteiger partial charge >= 0.3 is 0 Å². The molecule has 18 heavy (non-hydrogen) atoms. The van der Waals surface area contributed by atoms with Gasteiger partial charge in [0.2, 0.25) is 0 Å². The second-order valence-electron chi connectivity index (χ2n) is 4.24. The summed E-state index contributed by atoms with van der Waals surface area (Å²) in [7, 11) is 0. The van der Waals surface area contributed by atoms with Crippen LogP contribution in [0.4, 0.5) is 0 Å². The Morgan fingerprint density at radius 3 is 2.94 bits per heavy atom. The Balaban J connectivity index is 1.74. The molecule has 0 radical (unpaired) electrons. The quantitative estimate of drug-likeness (QED) is 0.849. The van der Waals surface area contributed by atoms with E-state index in [4.69, 9.17) is 0 Å². The third kappa shape index (κ3) is 4.04. The number of halogens is 1. The molecule has 0 bridgehead atoms. The fourth-order valence-corrected chi connectivity index (χ4v) is 2.27. The zero-order valence-corrected chi connectivity index (χ0v) is 11.7. The normalized spacial score (nSPS) is 16.5. The summed E-state index contributed by atoms with van der Waals surface area (Å²) in [5.41, 5.74) is 0.588. The number of hydrogen-bond acceptors (Lipinski definition) is 4. The maximum absolute atomic E-state index is 11.8. The van der Waals surface area contributed by atoms with Crippen LogP contribution in [0, 0.1) is 0 Å². The SMILES string of the molecule is O=C(NCCN1CCNCC1)c1cncc(Br)c1. The van der Waals surface area contributed by atoms with Crippen LogP contribution in [0.3, 0.4) is 0 Å². The Bertz CT molecular complexity index is 407. The second kappa shape index (κ2) is 6.82. The molecule has 98 valence electrons. The fraction of sp³-hybridized carbons (Fsp3) is 0.500. The Kier molecular flexibility index (Phi) is 5.10. The summed E-state index contributed by atoms with van der Waals surface area (Å²) in [5, 5.41) is 6.22. The van der Waals surface area contributed by atoms with E-state index in [-0.39, 0.29) is 5.91 Å². The Morgan fingerprint density at radius 1 is 1.44 bits per heavy atom. The van der Waals surface area contributed by atoms with Crippen molar-refractivity contribution in [2.75, 3.05) is 39.3 Å². The van der Waals surface area contributed by atoms with E-state index in [2.05, 4.69) is 36.4 Å². The predicted molar refractivity (Wildman–Crippen MR) is 73.6 cm³/mol. The third-order valence-corrected chi connectivity index (χ3v) is 3.32. The first-order valence-corrected chi connectivity index (χ1v) is 6.87. The zero-order chi connectivity index (χ0) is 12.8. The summed E-state index contributed by atoms with van der Waals surface area (Å²) < 4.78 is 0.817. The monoisotopic (exact) mass is 312 g/mol. The van der Waals surface area contributed by atoms with Gasteiger partial charge in [-0.1, -0.05) is 0 Å². The van der Waals surface area contributed by atoms with E-state index in [0.29, 0.717) is 12.1 Å². The van der Waals surface area contributed by atoms with Gasteiger partial charge in [0.05, 0.1) is 5.56 Å². The number of nitrogens with zero attached hydrogens (tertiary/aromatic N) is 2. The summed E-state index contributed by atoms with van der Waals surface area (Å²) in [6.07, 6.45) is 3.24. The molecule has 0 unspecified atom stereocenters. The Morgan fingerprint density at radius 2 is 2.22 bits per heavy atom. The molecule has 1 fully saturated rings. The fourth-order valence-electron chi connectivity index (χ4n) is 1.90. The first-order valence-electron chi connectivity index (χ1n) is 6.07. The maximum atomic E-state index is 11.8. The summed E-state index contributed by atoms with van der Waals surface area (Å²) in [4.78, 5) is 18.2. The average molecular weight is 313 g/mol. The van der Waals surface area contributed by atoms with Crippen LogP contribution in [0.2, 0.25) is 0 Å². The van der Waals surface area contributed by atoms with Gasteiger partial charge in [0.1, 0.15) is 0 Å². The van der Waals surface area contributed by atoms with Crippen LogP contribution >= 0.6 is 15.9 Å². The first-order chi connectivity index (χ1) is 8.75. The zero-order valence-electron chi connectivity index (χ0n) is 10.2. The highest BCUT2D eigenvalue weighted by Crippen LogP contribution is 2.09. The molecule has 1 amide bonds. The van der Waals surface area contributed by atoms with Gasteiger partial charge < -0.3 is 10.6 Å². The van der Waals surface area contributed by atoms with E-state index in [1.165, 1.54) is 0 Å². The molecule has 0 atom stereocenters. The van der Waals surface area contributed by atoms with Crippen LogP contribution in [-0.2, 0) is 0 Å². The maximum Gasteiger partial charge on any atom is 0.252 e. The van der Waals surface area contributed by atoms with Gasteiger partial charge in [0.25, 0.3) is 5.91 Å². The molecule has 2 heterocycles. The minimum absolute atomic E-state index is 0.0704. The first kappa shape index (κ1) is 13.5. The van der Waals surface area contributed by atoms with Crippen molar-refractivity contribution in [3.05, 3.63) is 28.5 Å². The molecule has 6 heteroatoms. The van der Waals surface area contributed by atoms with Gasteiger partial charge in [-0.3, -0.25) is 14.7 Å². The highest BCUT2D eigenvalue weighted by Gasteiger charge is 2.10. The lowest BCUT2D eigenvalue weighted by molar-refractivity contribution is 0.0947. The van der Waals surface area contributed by atoms with Crippen molar-refractivity contribution in [1.82, 2.24) is 20.5 Å². The van der Waals surface area contributed by atoms with E-state index in [1.54, 1.807) is 18.5 Å². The van der Waals surface area contributed by atoms with Gasteiger partial charge in [-0.25, -0.2) is 0 Å². The number of pyridine rings is 1. The predicted octanol–water partition coefficient (Wildman–Crippen LogP) is 0.479. The third-order valence-electron chi connectivity index (χ3n) is 2.89. The molecule has 0 aromatic carbocycles. The highest BCUT2D eigenvalue weighted by molar-refractivity contribution is 9.10. The lowest BCUT2D eigenvalue weighted by Crippen LogP contribution is -2.46. The smallest absolute Gasteiger partial charge is 0.252 e. The molecule has 1 aromatic heterocycles. The van der Waals surface area contributed by atoms with E-state index in [1.807, 2.05) is 0 Å². The molecule has 1 aromatic rings. The largest absolute Gasteiger partial charge is 0.351 e. The molecular formula is C12H17BrN4O. The minimum atomic E-state index is -0.0704. The van der Waals surface area contributed by atoms with Crippen molar-refractivity contribution < 1.29 is 4.79 Å². The van der Waals surface area contributed by atoms with Crippen LogP contribution in [0.15, 0.2) is 22.9 Å². The number of hydrogen-bond donors (Lipinski definition) is 2. The van der Waals surface area contributed by atoms with E-state index in [9.17, 15) is 4.79 Å². The molecule has 0 aliphatic carbocycles. The van der Waals surface area contributed by atoms with Crippen molar-refractivity contribution in [3.8, 4) is 0 Å². The van der Waals surface area contributed by atoms with Gasteiger partial charge in [0.15, 0.2) is 0 Å². The number of nitrogens with one attached hydrogen (secondary N) is 2. The molecule has 0 spiro atoms. The van der Waals surface area contributed by atoms with Crippen molar-refractivity contribution in [2.24, 2.45) is 0 Å². The molecule has 1 aliphatic heterocycles. The molecule has 2 rings (SSSR count). The highest BCUT2D eigenvalue weighted by atomic mass is 79.9. The minimum Gasteiger partial charge on any atom is -0.351 e. The molecule has 1 aliphatic rings. The van der Waals surface area contributed by atoms with Gasteiger partial charge in [0, 0.05) is 56.1 Å². The molecule has 5 nitrogen and oxygen atoms in total. The number of carbonyl (C=O) groups is 1. The lowest BCUT2D eigenvalue weighted by atomic mass is 10.2. The molecule has 1 saturated heterocycles. The topological polar surface area (TPSA) is 57.3 Å². The van der Waals surface area contributed by atoms with Crippen LogP contribution < -0.4 is 10.6 Å². The van der Waals surface area contributed by atoms with Gasteiger partial charge in [-0.15, -0.1) is 0 Å². The number of carbonyl (C=O) groups excluding carboxylic acids is 1. The average Bonchev–Trinajstić information content (AvgIpc) is 2.40. The Labute approximate surface area is 115 Å². The van der Waals surface area contributed by atoms with Crippen LogP contribution in [0.5, 0.6) is 0 Å². The summed E-state index contributed by atoms with van der Waals surface area (Å²) >= 11 is 3.30. The Hall–Kier alpha value is -0.980. The lowest BCUT2D eigenvalue weighted by Gasteiger charge is -2.27. The molecule has 2 N–H and O–H groups in total. The van der Waals surface area contributed by atoms with Crippen LogP contribution in [0.25, 0.3) is 0 Å². The van der Waals surface area contributed by atoms with Crippen LogP contribution in [-0.4, -0.2) is 55.1 Å². The van der Waals surface area contributed by atoms with Gasteiger partial charge in [-0.2, -0.15) is 0 Å². The van der Waals surface area contributed by atoms with Crippen LogP contribution in [0.1, 0.15) is 10.4 Å². The number of aromatic nitrogens is 1. The van der Waals surface area contributed by atoms with Crippen molar-refractivity contribution in [3.63, 3.8) is 0 Å². The number of amides is 1. The van der Waals surface area contributed by atoms with Crippen molar-refractivity contribution in [2.45, 2.75) is 0 Å². The summed E-state index contributed by atoms with van der Waals surface area (Å²) in [6.45, 7) is 5.73.